The van der Waals surface area contributed by atoms with Gasteiger partial charge in [-0.25, -0.2) is 0 Å². The first kappa shape index (κ1) is 9.05. The summed E-state index contributed by atoms with van der Waals surface area (Å²) in [4.78, 5) is 0. The Bertz CT molecular complexity index is 271. The van der Waals surface area contributed by atoms with Crippen molar-refractivity contribution < 1.29 is 0 Å². The minimum Gasteiger partial charge on any atom is -0.103 e. The maximum Gasteiger partial charge on any atom is -0.00973 e. The Balaban J connectivity index is 3.03. The van der Waals surface area contributed by atoms with E-state index >= 15 is 0 Å². The molecule has 0 saturated carbocycles. The minimum absolute atomic E-state index is 0.991. The van der Waals surface area contributed by atoms with Gasteiger partial charge in [0.05, 0.1) is 0 Å². The molecule has 0 fully saturated rings. The molecular formula is C12H16. The van der Waals surface area contributed by atoms with Gasteiger partial charge >= 0.3 is 0 Å². The van der Waals surface area contributed by atoms with Crippen LogP contribution in [0.5, 0.6) is 0 Å². The zero-order chi connectivity index (χ0) is 8.97. The molecule has 0 amide bonds. The summed E-state index contributed by atoms with van der Waals surface area (Å²) in [7, 11) is 0. The molecule has 1 aromatic carbocycles. The first-order valence-electron chi connectivity index (χ1n) is 4.47. The lowest BCUT2D eigenvalue weighted by molar-refractivity contribution is 1.07. The van der Waals surface area contributed by atoms with Crippen molar-refractivity contribution in [2.24, 2.45) is 0 Å². The van der Waals surface area contributed by atoms with E-state index in [1.807, 2.05) is 6.08 Å². The van der Waals surface area contributed by atoms with E-state index in [1.165, 1.54) is 16.7 Å². The average Bonchev–Trinajstić information content (AvgIpc) is 2.05. The lowest BCUT2D eigenvalue weighted by Gasteiger charge is -2.05. The van der Waals surface area contributed by atoms with Crippen molar-refractivity contribution in [2.75, 3.05) is 0 Å². The van der Waals surface area contributed by atoms with Crippen LogP contribution in [0.1, 0.15) is 23.6 Å². The summed E-state index contributed by atoms with van der Waals surface area (Å²) in [5, 5.41) is 0. The van der Waals surface area contributed by atoms with E-state index in [0.717, 1.165) is 12.8 Å². The summed E-state index contributed by atoms with van der Waals surface area (Å²) in [5.74, 6) is 0. The average molecular weight is 160 g/mol. The van der Waals surface area contributed by atoms with Gasteiger partial charge in [-0.1, -0.05) is 36.8 Å². The van der Waals surface area contributed by atoms with Crippen LogP contribution in [-0.2, 0) is 12.8 Å². The van der Waals surface area contributed by atoms with E-state index < -0.39 is 0 Å². The zero-order valence-corrected chi connectivity index (χ0v) is 7.93. The van der Waals surface area contributed by atoms with E-state index in [0.29, 0.717) is 0 Å². The smallest absolute Gasteiger partial charge is 0.00973 e. The van der Waals surface area contributed by atoms with Crippen LogP contribution in [0.15, 0.2) is 30.9 Å². The number of aryl methyl sites for hydroxylation is 2. The quantitative estimate of drug-likeness (QED) is 0.595. The van der Waals surface area contributed by atoms with Gasteiger partial charge in [0.1, 0.15) is 0 Å². The first-order chi connectivity index (χ1) is 5.77. The molecule has 0 bridgehead atoms. The summed E-state index contributed by atoms with van der Waals surface area (Å²) in [6, 6.07) is 6.64. The Morgan fingerprint density at radius 3 is 2.67 bits per heavy atom. The van der Waals surface area contributed by atoms with Gasteiger partial charge in [0, 0.05) is 0 Å². The van der Waals surface area contributed by atoms with Crippen LogP contribution in [0.2, 0.25) is 0 Å². The highest BCUT2D eigenvalue weighted by atomic mass is 14.0. The van der Waals surface area contributed by atoms with Gasteiger partial charge in [-0.15, -0.1) is 6.58 Å². The highest BCUT2D eigenvalue weighted by molar-refractivity contribution is 5.32. The Hall–Kier alpha value is -1.04. The predicted octanol–water partition coefficient (Wildman–Crippen LogP) is 3.29. The molecule has 0 radical (unpaired) electrons. The van der Waals surface area contributed by atoms with E-state index in [4.69, 9.17) is 0 Å². The molecule has 0 aliphatic heterocycles. The third-order valence-electron chi connectivity index (χ3n) is 2.11. The number of rotatable bonds is 3. The van der Waals surface area contributed by atoms with Gasteiger partial charge < -0.3 is 0 Å². The van der Waals surface area contributed by atoms with E-state index in [1.54, 1.807) is 0 Å². The van der Waals surface area contributed by atoms with Crippen LogP contribution in [-0.4, -0.2) is 0 Å². The summed E-state index contributed by atoms with van der Waals surface area (Å²) in [5.41, 5.74) is 4.21. The molecule has 0 spiro atoms. The molecule has 64 valence electrons. The van der Waals surface area contributed by atoms with Gasteiger partial charge in [-0.2, -0.15) is 0 Å². The number of allylic oxidation sites excluding steroid dienone is 1. The molecule has 0 N–H and O–H groups in total. The summed E-state index contributed by atoms with van der Waals surface area (Å²) < 4.78 is 0. The van der Waals surface area contributed by atoms with Crippen molar-refractivity contribution in [1.82, 2.24) is 0 Å². The normalized spacial score (nSPS) is 9.83. The monoisotopic (exact) mass is 160 g/mol. The molecule has 0 heterocycles. The lowest BCUT2D eigenvalue weighted by Crippen LogP contribution is -1.91. The summed E-state index contributed by atoms with van der Waals surface area (Å²) >= 11 is 0. The van der Waals surface area contributed by atoms with Crippen LogP contribution in [0.3, 0.4) is 0 Å². The van der Waals surface area contributed by atoms with Crippen molar-refractivity contribution in [1.29, 1.82) is 0 Å². The van der Waals surface area contributed by atoms with E-state index in [2.05, 4.69) is 38.6 Å². The second-order valence-electron chi connectivity index (χ2n) is 3.12. The number of hydrogen-bond acceptors (Lipinski definition) is 0. The van der Waals surface area contributed by atoms with E-state index in [-0.39, 0.29) is 0 Å². The zero-order valence-electron chi connectivity index (χ0n) is 7.93. The van der Waals surface area contributed by atoms with Crippen LogP contribution in [0.25, 0.3) is 0 Å². The summed E-state index contributed by atoms with van der Waals surface area (Å²) in [6.07, 6.45) is 4.07. The highest BCUT2D eigenvalue weighted by Crippen LogP contribution is 2.13. The highest BCUT2D eigenvalue weighted by Gasteiger charge is 1.97. The van der Waals surface area contributed by atoms with Gasteiger partial charge in [-0.05, 0) is 30.9 Å². The predicted molar refractivity (Wildman–Crippen MR) is 54.5 cm³/mol. The molecule has 0 aromatic heterocycles. The third-order valence-corrected chi connectivity index (χ3v) is 2.11. The fraction of sp³-hybridized carbons (Fsp3) is 0.333. The first-order valence-corrected chi connectivity index (χ1v) is 4.47. The van der Waals surface area contributed by atoms with Crippen LogP contribution in [0, 0.1) is 6.92 Å². The number of benzene rings is 1. The fourth-order valence-electron chi connectivity index (χ4n) is 1.45. The largest absolute Gasteiger partial charge is 0.103 e. The van der Waals surface area contributed by atoms with Crippen molar-refractivity contribution >= 4 is 0 Å². The molecule has 1 aromatic rings. The Morgan fingerprint density at radius 2 is 2.08 bits per heavy atom. The molecule has 0 heteroatoms. The maximum absolute atomic E-state index is 3.76. The third kappa shape index (κ3) is 1.97. The van der Waals surface area contributed by atoms with Crippen molar-refractivity contribution in [3.8, 4) is 0 Å². The SMILES string of the molecule is C=CCc1cc(C)ccc1CC. The van der Waals surface area contributed by atoms with Gasteiger partial charge in [-0.3, -0.25) is 0 Å². The van der Waals surface area contributed by atoms with Crippen LogP contribution in [0.4, 0.5) is 0 Å². The molecule has 12 heavy (non-hydrogen) atoms. The standard InChI is InChI=1S/C12H16/c1-4-6-12-9-10(3)7-8-11(12)5-2/h4,7-9H,1,5-6H2,2-3H3. The van der Waals surface area contributed by atoms with Gasteiger partial charge in [0.25, 0.3) is 0 Å². The Kier molecular flexibility index (Phi) is 3.09. The number of hydrogen-bond donors (Lipinski definition) is 0. The Morgan fingerprint density at radius 1 is 1.33 bits per heavy atom. The molecule has 0 aliphatic rings. The van der Waals surface area contributed by atoms with Crippen molar-refractivity contribution in [3.63, 3.8) is 0 Å². The molecule has 1 rings (SSSR count). The fourth-order valence-corrected chi connectivity index (χ4v) is 1.45. The molecular weight excluding hydrogens is 144 g/mol. The second-order valence-corrected chi connectivity index (χ2v) is 3.12. The maximum atomic E-state index is 3.76. The second kappa shape index (κ2) is 4.10. The topological polar surface area (TPSA) is 0 Å². The van der Waals surface area contributed by atoms with Gasteiger partial charge in [0.15, 0.2) is 0 Å². The molecule has 0 aliphatic carbocycles. The molecule has 0 unspecified atom stereocenters. The van der Waals surface area contributed by atoms with Crippen molar-refractivity contribution in [2.45, 2.75) is 26.7 Å². The minimum atomic E-state index is 0.991. The van der Waals surface area contributed by atoms with Crippen molar-refractivity contribution in [3.05, 3.63) is 47.5 Å². The van der Waals surface area contributed by atoms with Crippen LogP contribution >= 0.6 is 0 Å². The molecule has 0 saturated heterocycles. The Labute approximate surface area is 74.9 Å². The molecule has 0 atom stereocenters. The molecule has 0 nitrogen and oxygen atoms in total. The van der Waals surface area contributed by atoms with Gasteiger partial charge in [0.2, 0.25) is 0 Å². The lowest BCUT2D eigenvalue weighted by atomic mass is 10.0. The van der Waals surface area contributed by atoms with E-state index in [9.17, 15) is 0 Å². The van der Waals surface area contributed by atoms with Crippen LogP contribution < -0.4 is 0 Å². The summed E-state index contributed by atoms with van der Waals surface area (Å²) in [6.45, 7) is 8.08.